The van der Waals surface area contributed by atoms with Crippen LogP contribution in [0.2, 0.25) is 10.0 Å². The minimum atomic E-state index is -0.735. The number of carbonyl (C=O) groups excluding carboxylic acids is 2. The molecule has 0 saturated heterocycles. The number of benzene rings is 2. The maximum Gasteiger partial charge on any atom is 0.344 e. The number of esters is 1. The van der Waals surface area contributed by atoms with Gasteiger partial charge in [0.2, 0.25) is 0 Å². The van der Waals surface area contributed by atoms with E-state index in [-0.39, 0.29) is 17.3 Å². The Hall–Kier alpha value is -2.31. The number of rotatable bonds is 6. The van der Waals surface area contributed by atoms with Crippen LogP contribution in [-0.4, -0.2) is 25.1 Å². The number of anilines is 1. The van der Waals surface area contributed by atoms with Crippen molar-refractivity contribution in [2.75, 3.05) is 18.5 Å². The van der Waals surface area contributed by atoms with Crippen LogP contribution in [0.1, 0.15) is 5.56 Å². The molecule has 0 atom stereocenters. The average molecular weight is 386 g/mol. The summed E-state index contributed by atoms with van der Waals surface area (Å²) in [7, 11) is 0. The monoisotopic (exact) mass is 385 g/mol. The van der Waals surface area contributed by atoms with Crippen LogP contribution >= 0.6 is 23.2 Å². The zero-order valence-electron chi connectivity index (χ0n) is 13.1. The first-order valence-electron chi connectivity index (χ1n) is 7.14. The summed E-state index contributed by atoms with van der Waals surface area (Å²) in [6.45, 7) is 0.843. The van der Waals surface area contributed by atoms with Crippen LogP contribution in [0.15, 0.2) is 36.4 Å². The first kappa shape index (κ1) is 19.0. The fourth-order valence-corrected chi connectivity index (χ4v) is 2.26. The molecule has 0 aliphatic rings. The molecule has 25 heavy (non-hydrogen) atoms. The Morgan fingerprint density at radius 1 is 1.08 bits per heavy atom. The normalized spacial score (nSPS) is 10.2. The predicted molar refractivity (Wildman–Crippen MR) is 92.7 cm³/mol. The van der Waals surface area contributed by atoms with Gasteiger partial charge in [0.1, 0.15) is 11.6 Å². The van der Waals surface area contributed by atoms with Crippen molar-refractivity contribution >= 4 is 40.8 Å². The highest BCUT2D eigenvalue weighted by Crippen LogP contribution is 2.21. The fourth-order valence-electron chi connectivity index (χ4n) is 1.88. The molecular weight excluding hydrogens is 372 g/mol. The maximum absolute atomic E-state index is 13.5. The highest BCUT2D eigenvalue weighted by molar-refractivity contribution is 6.31. The lowest BCUT2D eigenvalue weighted by Crippen LogP contribution is -2.24. The number of carbonyl (C=O) groups is 2. The van der Waals surface area contributed by atoms with Crippen molar-refractivity contribution < 1.29 is 23.5 Å². The molecule has 2 aromatic rings. The van der Waals surface area contributed by atoms with Crippen molar-refractivity contribution in [2.45, 2.75) is 6.92 Å². The number of hydrogen-bond donors (Lipinski definition) is 1. The Bertz CT molecular complexity index is 798. The predicted octanol–water partition coefficient (Wildman–Crippen LogP) is 4.00. The molecule has 0 spiro atoms. The van der Waals surface area contributed by atoms with Gasteiger partial charge in [-0.2, -0.15) is 0 Å². The highest BCUT2D eigenvalue weighted by atomic mass is 35.5. The van der Waals surface area contributed by atoms with Gasteiger partial charge in [-0.3, -0.25) is 4.79 Å². The second-order valence-electron chi connectivity index (χ2n) is 5.03. The summed E-state index contributed by atoms with van der Waals surface area (Å²) in [5.74, 6) is -1.62. The van der Waals surface area contributed by atoms with Crippen molar-refractivity contribution in [2.24, 2.45) is 0 Å². The number of nitrogens with one attached hydrogen (secondary N) is 1. The molecule has 5 nitrogen and oxygen atoms in total. The number of aryl methyl sites for hydroxylation is 1. The minimum absolute atomic E-state index is 0.0570. The van der Waals surface area contributed by atoms with Crippen molar-refractivity contribution in [3.05, 3.63) is 57.8 Å². The molecule has 0 heterocycles. The van der Waals surface area contributed by atoms with E-state index in [9.17, 15) is 14.0 Å². The van der Waals surface area contributed by atoms with Crippen molar-refractivity contribution in [3.8, 4) is 5.75 Å². The lowest BCUT2D eigenvalue weighted by Gasteiger charge is -2.10. The zero-order chi connectivity index (χ0) is 18.4. The lowest BCUT2D eigenvalue weighted by atomic mass is 10.2. The summed E-state index contributed by atoms with van der Waals surface area (Å²) in [4.78, 5) is 23.3. The Morgan fingerprint density at radius 2 is 1.76 bits per heavy atom. The van der Waals surface area contributed by atoms with Crippen LogP contribution < -0.4 is 10.1 Å². The van der Waals surface area contributed by atoms with Gasteiger partial charge in [0, 0.05) is 10.0 Å². The molecule has 0 unspecified atom stereocenters. The molecule has 0 aliphatic carbocycles. The van der Waals surface area contributed by atoms with Gasteiger partial charge < -0.3 is 14.8 Å². The molecule has 1 N–H and O–H groups in total. The standard InChI is InChI=1S/C17H14Cl2FNO4/c1-10-6-11(18)3-5-15(10)24-9-17(23)25-8-16(22)21-14-4-2-12(19)7-13(14)20/h2-7H,8-9H2,1H3,(H,21,22). The fraction of sp³-hybridized carbons (Fsp3) is 0.176. The quantitative estimate of drug-likeness (QED) is 0.763. The summed E-state index contributed by atoms with van der Waals surface area (Å²) >= 11 is 11.4. The SMILES string of the molecule is Cc1cc(Cl)ccc1OCC(=O)OCC(=O)Nc1ccc(Cl)cc1F. The van der Waals surface area contributed by atoms with E-state index in [4.69, 9.17) is 32.7 Å². The van der Waals surface area contributed by atoms with Crippen LogP contribution in [0.5, 0.6) is 5.75 Å². The summed E-state index contributed by atoms with van der Waals surface area (Å²) < 4.78 is 23.6. The van der Waals surface area contributed by atoms with Crippen LogP contribution in [0.3, 0.4) is 0 Å². The van der Waals surface area contributed by atoms with Gasteiger partial charge in [-0.1, -0.05) is 23.2 Å². The molecule has 0 fully saturated rings. The van der Waals surface area contributed by atoms with Crippen LogP contribution in [0.4, 0.5) is 10.1 Å². The molecule has 0 bridgehead atoms. The van der Waals surface area contributed by atoms with E-state index in [2.05, 4.69) is 5.32 Å². The van der Waals surface area contributed by atoms with Gasteiger partial charge in [0.25, 0.3) is 5.91 Å². The van der Waals surface area contributed by atoms with Crippen LogP contribution in [-0.2, 0) is 14.3 Å². The Labute approximate surface area is 153 Å². The van der Waals surface area contributed by atoms with Gasteiger partial charge in [-0.05, 0) is 48.9 Å². The molecule has 0 saturated carbocycles. The van der Waals surface area contributed by atoms with Gasteiger partial charge in [-0.15, -0.1) is 0 Å². The van der Waals surface area contributed by atoms with Crippen LogP contribution in [0.25, 0.3) is 0 Å². The number of ether oxygens (including phenoxy) is 2. The second kappa shape index (κ2) is 8.69. The molecule has 1 amide bonds. The average Bonchev–Trinajstić information content (AvgIpc) is 2.55. The first-order chi connectivity index (χ1) is 11.8. The van der Waals surface area contributed by atoms with E-state index in [1.807, 2.05) is 0 Å². The molecular formula is C17H14Cl2FNO4. The van der Waals surface area contributed by atoms with Gasteiger partial charge in [0.15, 0.2) is 13.2 Å². The molecule has 2 rings (SSSR count). The van der Waals surface area contributed by atoms with E-state index in [1.165, 1.54) is 12.1 Å². The van der Waals surface area contributed by atoms with Crippen molar-refractivity contribution in [1.82, 2.24) is 0 Å². The summed E-state index contributed by atoms with van der Waals surface area (Å²) in [6.07, 6.45) is 0. The third-order valence-electron chi connectivity index (χ3n) is 3.05. The van der Waals surface area contributed by atoms with Crippen molar-refractivity contribution in [1.29, 1.82) is 0 Å². The van der Waals surface area contributed by atoms with E-state index >= 15 is 0 Å². The Balaban J connectivity index is 1.78. The van der Waals surface area contributed by atoms with Gasteiger partial charge in [0.05, 0.1) is 5.69 Å². The summed E-state index contributed by atoms with van der Waals surface area (Å²) in [5.41, 5.74) is 0.703. The molecule has 0 aliphatic heterocycles. The third kappa shape index (κ3) is 5.92. The Kier molecular flexibility index (Phi) is 6.61. The number of halogens is 3. The third-order valence-corrected chi connectivity index (χ3v) is 3.52. The smallest absolute Gasteiger partial charge is 0.344 e. The number of amides is 1. The minimum Gasteiger partial charge on any atom is -0.482 e. The van der Waals surface area contributed by atoms with E-state index in [0.717, 1.165) is 11.6 Å². The molecule has 0 aromatic heterocycles. The Morgan fingerprint density at radius 3 is 2.44 bits per heavy atom. The van der Waals surface area contributed by atoms with Gasteiger partial charge in [-0.25, -0.2) is 9.18 Å². The number of hydrogen-bond acceptors (Lipinski definition) is 4. The zero-order valence-corrected chi connectivity index (χ0v) is 14.7. The lowest BCUT2D eigenvalue weighted by molar-refractivity contribution is -0.149. The molecule has 0 radical (unpaired) electrons. The largest absolute Gasteiger partial charge is 0.482 e. The topological polar surface area (TPSA) is 64.6 Å². The second-order valence-corrected chi connectivity index (χ2v) is 5.90. The highest BCUT2D eigenvalue weighted by Gasteiger charge is 2.12. The first-order valence-corrected chi connectivity index (χ1v) is 7.90. The summed E-state index contributed by atoms with van der Waals surface area (Å²) in [5, 5.41) is 3.04. The molecule has 2 aromatic carbocycles. The maximum atomic E-state index is 13.5. The van der Waals surface area contributed by atoms with Crippen molar-refractivity contribution in [3.63, 3.8) is 0 Å². The van der Waals surface area contributed by atoms with Gasteiger partial charge >= 0.3 is 5.97 Å². The van der Waals surface area contributed by atoms with Crippen LogP contribution in [0, 0.1) is 12.7 Å². The van der Waals surface area contributed by atoms with E-state index < -0.39 is 24.3 Å². The molecule has 8 heteroatoms. The van der Waals surface area contributed by atoms with E-state index in [0.29, 0.717) is 10.8 Å². The van der Waals surface area contributed by atoms with E-state index in [1.54, 1.807) is 25.1 Å². The summed E-state index contributed by atoms with van der Waals surface area (Å²) in [6, 6.07) is 8.74. The molecule has 132 valence electrons.